The summed E-state index contributed by atoms with van der Waals surface area (Å²) >= 11 is 0. The van der Waals surface area contributed by atoms with Crippen molar-refractivity contribution in [3.8, 4) is 0 Å². The molecule has 2 aromatic rings. The van der Waals surface area contributed by atoms with Crippen molar-refractivity contribution in [2.75, 3.05) is 20.1 Å². The second-order valence-corrected chi connectivity index (χ2v) is 6.45. The van der Waals surface area contributed by atoms with Crippen molar-refractivity contribution < 1.29 is 8.81 Å². The Hall–Kier alpha value is -1.72. The minimum atomic E-state index is -0.149. The van der Waals surface area contributed by atoms with Crippen molar-refractivity contribution in [3.05, 3.63) is 53.0 Å². The molecule has 2 heterocycles. The topological polar surface area (TPSA) is 32.5 Å². The fourth-order valence-electron chi connectivity index (χ4n) is 3.15. The van der Waals surface area contributed by atoms with Crippen LogP contribution < -0.4 is 0 Å². The van der Waals surface area contributed by atoms with Crippen LogP contribution in [0.4, 0.5) is 4.39 Å². The van der Waals surface area contributed by atoms with Crippen molar-refractivity contribution in [2.24, 2.45) is 0 Å². The zero-order valence-electron chi connectivity index (χ0n) is 14.1. The van der Waals surface area contributed by atoms with Gasteiger partial charge in [-0.25, -0.2) is 9.37 Å². The van der Waals surface area contributed by atoms with Gasteiger partial charge in [0.25, 0.3) is 0 Å². The van der Waals surface area contributed by atoms with Gasteiger partial charge in [0, 0.05) is 24.7 Å². The summed E-state index contributed by atoms with van der Waals surface area (Å²) in [5.41, 5.74) is 1.65. The first-order valence-electron chi connectivity index (χ1n) is 8.12. The lowest BCUT2D eigenvalue weighted by Gasteiger charge is -2.27. The largest absolute Gasteiger partial charge is 0.444 e. The molecule has 1 aromatic heterocycles. The van der Waals surface area contributed by atoms with Crippen molar-refractivity contribution >= 4 is 0 Å². The van der Waals surface area contributed by atoms with Crippen molar-refractivity contribution in [3.63, 3.8) is 0 Å². The van der Waals surface area contributed by atoms with E-state index in [-0.39, 0.29) is 5.82 Å². The molecule has 1 aliphatic rings. The smallest absolute Gasteiger partial charge is 0.208 e. The molecule has 0 spiro atoms. The zero-order chi connectivity index (χ0) is 16.4. The highest BCUT2D eigenvalue weighted by Crippen LogP contribution is 2.21. The monoisotopic (exact) mass is 317 g/mol. The first-order chi connectivity index (χ1) is 11.0. The molecule has 1 aliphatic heterocycles. The predicted octanol–water partition coefficient (Wildman–Crippen LogP) is 3.14. The summed E-state index contributed by atoms with van der Waals surface area (Å²) in [5.74, 6) is 1.42. The third-order valence-electron chi connectivity index (χ3n) is 4.63. The Balaban J connectivity index is 1.80. The Morgan fingerprint density at radius 2 is 2.09 bits per heavy atom. The van der Waals surface area contributed by atoms with Crippen molar-refractivity contribution in [1.29, 1.82) is 0 Å². The number of aryl methyl sites for hydroxylation is 2. The number of aromatic nitrogens is 1. The number of likely N-dealkylation sites (N-methyl/N-ethyl adjacent to an activating group) is 1. The highest BCUT2D eigenvalue weighted by atomic mass is 19.1. The van der Waals surface area contributed by atoms with E-state index in [1.807, 2.05) is 26.0 Å². The van der Waals surface area contributed by atoms with Crippen LogP contribution in [0.5, 0.6) is 0 Å². The summed E-state index contributed by atoms with van der Waals surface area (Å²) in [7, 11) is 2.13. The lowest BCUT2D eigenvalue weighted by atomic mass is 10.1. The van der Waals surface area contributed by atoms with E-state index in [0.29, 0.717) is 25.0 Å². The van der Waals surface area contributed by atoms with Gasteiger partial charge in [-0.15, -0.1) is 0 Å². The Bertz CT molecular complexity index is 651. The first-order valence-corrected chi connectivity index (χ1v) is 8.12. The van der Waals surface area contributed by atoms with Crippen LogP contribution in [0.2, 0.25) is 0 Å². The van der Waals surface area contributed by atoms with Gasteiger partial charge in [0.1, 0.15) is 11.6 Å². The van der Waals surface area contributed by atoms with Gasteiger partial charge in [-0.05, 0) is 39.9 Å². The minimum Gasteiger partial charge on any atom is -0.444 e. The standard InChI is InChI=1S/C18H24FN3O/c1-13-14(2)23-18(20-13)12-22(16-8-9-21(3)11-16)10-15-6-4-5-7-17(15)19/h4-7,16H,8-12H2,1-3H3/t16-/m1/s1. The van der Waals surface area contributed by atoms with E-state index >= 15 is 0 Å². The van der Waals surface area contributed by atoms with Gasteiger partial charge in [0.05, 0.1) is 12.2 Å². The van der Waals surface area contributed by atoms with Gasteiger partial charge in [0.2, 0.25) is 5.89 Å². The molecule has 1 fully saturated rings. The Kier molecular flexibility index (Phi) is 4.78. The molecule has 0 radical (unpaired) electrons. The lowest BCUT2D eigenvalue weighted by molar-refractivity contribution is 0.161. The molecule has 0 N–H and O–H groups in total. The number of rotatable bonds is 5. The van der Waals surface area contributed by atoms with E-state index in [1.54, 1.807) is 6.07 Å². The van der Waals surface area contributed by atoms with Crippen LogP contribution in [0.15, 0.2) is 28.7 Å². The van der Waals surface area contributed by atoms with E-state index in [4.69, 9.17) is 4.42 Å². The second kappa shape index (κ2) is 6.81. The fraction of sp³-hybridized carbons (Fsp3) is 0.500. The van der Waals surface area contributed by atoms with E-state index in [0.717, 1.165) is 36.5 Å². The first kappa shape index (κ1) is 16.1. The number of benzene rings is 1. The number of hydrogen-bond donors (Lipinski definition) is 0. The van der Waals surface area contributed by atoms with E-state index in [2.05, 4.69) is 21.8 Å². The predicted molar refractivity (Wildman–Crippen MR) is 87.5 cm³/mol. The SMILES string of the molecule is Cc1nc(CN(Cc2ccccc2F)[C@@H]2CCN(C)C2)oc1C. The summed E-state index contributed by atoms with van der Waals surface area (Å²) in [6.45, 7) is 7.13. The number of hydrogen-bond acceptors (Lipinski definition) is 4. The van der Waals surface area contributed by atoms with Gasteiger partial charge in [0.15, 0.2) is 0 Å². The summed E-state index contributed by atoms with van der Waals surface area (Å²) in [5, 5.41) is 0. The van der Waals surface area contributed by atoms with Crippen LogP contribution >= 0.6 is 0 Å². The van der Waals surface area contributed by atoms with Crippen LogP contribution in [0.3, 0.4) is 0 Å². The normalized spacial score (nSPS) is 18.9. The van der Waals surface area contributed by atoms with E-state index in [1.165, 1.54) is 6.07 Å². The average molecular weight is 317 g/mol. The zero-order valence-corrected chi connectivity index (χ0v) is 14.1. The molecule has 1 saturated heterocycles. The lowest BCUT2D eigenvalue weighted by Crippen LogP contribution is -2.36. The minimum absolute atomic E-state index is 0.149. The third-order valence-corrected chi connectivity index (χ3v) is 4.63. The molecule has 0 unspecified atom stereocenters. The van der Waals surface area contributed by atoms with Gasteiger partial charge < -0.3 is 9.32 Å². The molecule has 5 heteroatoms. The molecule has 3 rings (SSSR count). The van der Waals surface area contributed by atoms with Crippen LogP contribution in [-0.4, -0.2) is 41.0 Å². The number of likely N-dealkylation sites (tertiary alicyclic amines) is 1. The molecular weight excluding hydrogens is 293 g/mol. The maximum atomic E-state index is 14.0. The van der Waals surface area contributed by atoms with Crippen molar-refractivity contribution in [2.45, 2.75) is 39.4 Å². The Labute approximate surface area is 136 Å². The maximum Gasteiger partial charge on any atom is 0.208 e. The quantitative estimate of drug-likeness (QED) is 0.848. The van der Waals surface area contributed by atoms with Crippen LogP contribution in [0, 0.1) is 19.7 Å². The summed E-state index contributed by atoms with van der Waals surface area (Å²) in [6.07, 6.45) is 1.09. The maximum absolute atomic E-state index is 14.0. The molecule has 1 atom stereocenters. The third kappa shape index (κ3) is 3.79. The molecule has 124 valence electrons. The van der Waals surface area contributed by atoms with Gasteiger partial charge >= 0.3 is 0 Å². The highest BCUT2D eigenvalue weighted by Gasteiger charge is 2.27. The van der Waals surface area contributed by atoms with Crippen LogP contribution in [-0.2, 0) is 13.1 Å². The van der Waals surface area contributed by atoms with Crippen LogP contribution in [0.25, 0.3) is 0 Å². The fourth-order valence-corrected chi connectivity index (χ4v) is 3.15. The van der Waals surface area contributed by atoms with Gasteiger partial charge in [-0.3, -0.25) is 4.90 Å². The number of oxazole rings is 1. The molecule has 0 amide bonds. The Morgan fingerprint density at radius 3 is 2.70 bits per heavy atom. The van der Waals surface area contributed by atoms with Crippen molar-refractivity contribution in [1.82, 2.24) is 14.8 Å². The summed E-state index contributed by atoms with van der Waals surface area (Å²) in [6, 6.07) is 7.39. The second-order valence-electron chi connectivity index (χ2n) is 6.45. The summed E-state index contributed by atoms with van der Waals surface area (Å²) in [4.78, 5) is 9.08. The number of halogens is 1. The van der Waals surface area contributed by atoms with E-state index in [9.17, 15) is 4.39 Å². The molecule has 0 saturated carbocycles. The van der Waals surface area contributed by atoms with E-state index < -0.39 is 0 Å². The Morgan fingerprint density at radius 1 is 1.30 bits per heavy atom. The summed E-state index contributed by atoms with van der Waals surface area (Å²) < 4.78 is 19.8. The van der Waals surface area contributed by atoms with Crippen LogP contribution in [0.1, 0.15) is 29.3 Å². The molecule has 0 bridgehead atoms. The highest BCUT2D eigenvalue weighted by molar-refractivity contribution is 5.17. The van der Waals surface area contributed by atoms with Gasteiger partial charge in [-0.1, -0.05) is 18.2 Å². The number of nitrogens with zero attached hydrogens (tertiary/aromatic N) is 3. The molecule has 4 nitrogen and oxygen atoms in total. The molecular formula is C18H24FN3O. The average Bonchev–Trinajstić information content (AvgIpc) is 3.07. The molecule has 0 aliphatic carbocycles. The van der Waals surface area contributed by atoms with Gasteiger partial charge in [-0.2, -0.15) is 0 Å². The molecule has 23 heavy (non-hydrogen) atoms. The molecule has 1 aromatic carbocycles.